The van der Waals surface area contributed by atoms with E-state index in [9.17, 15) is 4.39 Å². The number of halogens is 1. The Morgan fingerprint density at radius 2 is 1.90 bits per heavy atom. The van der Waals surface area contributed by atoms with E-state index >= 15 is 0 Å². The third-order valence-electron chi connectivity index (χ3n) is 3.62. The zero-order chi connectivity index (χ0) is 21.4. The molecule has 0 radical (unpaired) electrons. The second-order valence-corrected chi connectivity index (χ2v) is 7.32. The van der Waals surface area contributed by atoms with Crippen LogP contribution in [0.15, 0.2) is 41.3 Å². The van der Waals surface area contributed by atoms with Crippen molar-refractivity contribution in [1.29, 1.82) is 0 Å². The molecule has 0 atom stereocenters. The van der Waals surface area contributed by atoms with E-state index in [1.54, 1.807) is 43.1 Å². The van der Waals surface area contributed by atoms with E-state index in [0.29, 0.717) is 22.9 Å². The van der Waals surface area contributed by atoms with Crippen molar-refractivity contribution >= 4 is 6.21 Å². The molecule has 29 heavy (non-hydrogen) atoms. The molecule has 0 saturated heterocycles. The van der Waals surface area contributed by atoms with Gasteiger partial charge in [-0.1, -0.05) is 17.0 Å². The number of benzene rings is 1. The summed E-state index contributed by atoms with van der Waals surface area (Å²) in [5, 5.41) is 8.17. The van der Waals surface area contributed by atoms with Crippen LogP contribution in [0, 0.1) is 24.2 Å². The van der Waals surface area contributed by atoms with E-state index < -0.39 is 5.83 Å². The van der Waals surface area contributed by atoms with Gasteiger partial charge in [-0.3, -0.25) is 0 Å². The van der Waals surface area contributed by atoms with Gasteiger partial charge in [-0.2, -0.15) is 5.10 Å². The van der Waals surface area contributed by atoms with E-state index in [-0.39, 0.29) is 12.0 Å². The second-order valence-electron chi connectivity index (χ2n) is 7.32. The number of nitrogens with zero attached hydrogens (tertiary/aromatic N) is 3. The summed E-state index contributed by atoms with van der Waals surface area (Å²) < 4.78 is 26.4. The van der Waals surface area contributed by atoms with Gasteiger partial charge in [0.15, 0.2) is 6.61 Å². The Hall–Kier alpha value is -3.27. The van der Waals surface area contributed by atoms with E-state index in [0.717, 1.165) is 5.75 Å². The Labute approximate surface area is 171 Å². The Kier molecular flexibility index (Phi) is 7.43. The third-order valence-corrected chi connectivity index (χ3v) is 3.62. The van der Waals surface area contributed by atoms with Crippen molar-refractivity contribution in [3.8, 4) is 29.2 Å². The molecule has 1 heterocycles. The van der Waals surface area contributed by atoms with E-state index in [1.165, 1.54) is 12.3 Å². The molecule has 2 aromatic rings. The average Bonchev–Trinajstić information content (AvgIpc) is 2.91. The average molecular weight is 399 g/mol. The maximum Gasteiger partial charge on any atom is 0.226 e. The standard InChI is InChI=1S/C22H26FN3O3/c1-16-20(14-24-28-15-17(23)8-7-13-22(2,3)4)21(26(5)25-16)29-19-11-9-18(27-6)10-12-19/h8-12,14H,15H2,1-6H3. The molecule has 0 bridgehead atoms. The molecule has 0 N–H and O–H groups in total. The van der Waals surface area contributed by atoms with Gasteiger partial charge in [0.1, 0.15) is 17.3 Å². The maximum atomic E-state index is 13.7. The highest BCUT2D eigenvalue weighted by molar-refractivity contribution is 5.84. The van der Waals surface area contributed by atoms with Crippen molar-refractivity contribution in [3.63, 3.8) is 0 Å². The predicted octanol–water partition coefficient (Wildman–Crippen LogP) is 4.78. The highest BCUT2D eigenvalue weighted by Crippen LogP contribution is 2.27. The number of hydrogen-bond donors (Lipinski definition) is 0. The molecule has 0 aliphatic carbocycles. The van der Waals surface area contributed by atoms with Crippen molar-refractivity contribution in [1.82, 2.24) is 9.78 Å². The molecule has 0 aliphatic rings. The first-order valence-corrected chi connectivity index (χ1v) is 9.07. The molecule has 6 nitrogen and oxygen atoms in total. The Balaban J connectivity index is 2.04. The summed E-state index contributed by atoms with van der Waals surface area (Å²) in [5.41, 5.74) is 1.16. The monoisotopic (exact) mass is 399 g/mol. The van der Waals surface area contributed by atoms with E-state index in [2.05, 4.69) is 22.1 Å². The van der Waals surface area contributed by atoms with Gasteiger partial charge in [0.05, 0.1) is 24.6 Å². The minimum atomic E-state index is -0.503. The molecule has 154 valence electrons. The first kappa shape index (κ1) is 22.0. The Morgan fingerprint density at radius 1 is 1.24 bits per heavy atom. The van der Waals surface area contributed by atoms with Crippen molar-refractivity contribution < 1.29 is 18.7 Å². The van der Waals surface area contributed by atoms with Crippen LogP contribution in [-0.2, 0) is 11.9 Å². The molecule has 0 amide bonds. The lowest BCUT2D eigenvalue weighted by Gasteiger charge is -2.07. The van der Waals surface area contributed by atoms with Gasteiger partial charge in [0.2, 0.25) is 5.88 Å². The van der Waals surface area contributed by atoms with Crippen LogP contribution in [0.2, 0.25) is 0 Å². The number of aryl methyl sites for hydroxylation is 2. The summed E-state index contributed by atoms with van der Waals surface area (Å²) in [4.78, 5) is 5.03. The van der Waals surface area contributed by atoms with Crippen molar-refractivity contribution in [2.45, 2.75) is 27.7 Å². The number of methoxy groups -OCH3 is 1. The lowest BCUT2D eigenvalue weighted by molar-refractivity contribution is 0.154. The molecule has 7 heteroatoms. The summed E-state index contributed by atoms with van der Waals surface area (Å²) in [7, 11) is 3.37. The van der Waals surface area contributed by atoms with Gasteiger partial charge >= 0.3 is 0 Å². The lowest BCUT2D eigenvalue weighted by atomic mass is 9.98. The maximum absolute atomic E-state index is 13.7. The van der Waals surface area contributed by atoms with E-state index in [4.69, 9.17) is 14.3 Å². The number of hydrogen-bond acceptors (Lipinski definition) is 5. The van der Waals surface area contributed by atoms with Gasteiger partial charge in [-0.25, -0.2) is 9.07 Å². The van der Waals surface area contributed by atoms with Crippen LogP contribution in [0.5, 0.6) is 17.4 Å². The summed E-state index contributed by atoms with van der Waals surface area (Å²) in [5.74, 6) is 6.94. The van der Waals surface area contributed by atoms with Crippen LogP contribution in [0.1, 0.15) is 32.0 Å². The van der Waals surface area contributed by atoms with Crippen LogP contribution in [0.3, 0.4) is 0 Å². The third kappa shape index (κ3) is 7.00. The fourth-order valence-electron chi connectivity index (χ4n) is 2.24. The van der Waals surface area contributed by atoms with Crippen LogP contribution in [0.4, 0.5) is 4.39 Å². The number of ether oxygens (including phenoxy) is 2. The van der Waals surface area contributed by atoms with Crippen LogP contribution >= 0.6 is 0 Å². The van der Waals surface area contributed by atoms with E-state index in [1.807, 2.05) is 27.7 Å². The molecule has 1 aromatic carbocycles. The zero-order valence-electron chi connectivity index (χ0n) is 17.6. The van der Waals surface area contributed by atoms with Gasteiger partial charge in [0.25, 0.3) is 0 Å². The molecule has 0 fully saturated rings. The van der Waals surface area contributed by atoms with Crippen molar-refractivity contribution in [2.75, 3.05) is 13.7 Å². The fourth-order valence-corrected chi connectivity index (χ4v) is 2.24. The summed E-state index contributed by atoms with van der Waals surface area (Å²) in [6.07, 6.45) is 2.64. The van der Waals surface area contributed by atoms with Gasteiger partial charge in [-0.05, 0) is 52.0 Å². The highest BCUT2D eigenvalue weighted by atomic mass is 19.1. The minimum absolute atomic E-state index is 0.187. The van der Waals surface area contributed by atoms with Crippen LogP contribution < -0.4 is 9.47 Å². The van der Waals surface area contributed by atoms with Crippen molar-refractivity contribution in [3.05, 3.63) is 47.4 Å². The van der Waals surface area contributed by atoms with Crippen molar-refractivity contribution in [2.24, 2.45) is 17.6 Å². The highest BCUT2D eigenvalue weighted by Gasteiger charge is 2.14. The summed E-state index contributed by atoms with van der Waals surface area (Å²) in [6.45, 7) is 7.38. The van der Waals surface area contributed by atoms with Crippen LogP contribution in [0.25, 0.3) is 0 Å². The van der Waals surface area contributed by atoms with Crippen LogP contribution in [-0.4, -0.2) is 29.7 Å². The molecule has 0 saturated carbocycles. The molecule has 0 spiro atoms. The molecular formula is C22H26FN3O3. The summed E-state index contributed by atoms with van der Waals surface area (Å²) >= 11 is 0. The zero-order valence-corrected chi connectivity index (χ0v) is 17.6. The number of aromatic nitrogens is 2. The first-order chi connectivity index (χ1) is 13.7. The largest absolute Gasteiger partial charge is 0.497 e. The smallest absolute Gasteiger partial charge is 0.226 e. The topological polar surface area (TPSA) is 57.9 Å². The van der Waals surface area contributed by atoms with Gasteiger partial charge < -0.3 is 14.3 Å². The van der Waals surface area contributed by atoms with Gasteiger partial charge in [-0.15, -0.1) is 0 Å². The molecular weight excluding hydrogens is 373 g/mol. The lowest BCUT2D eigenvalue weighted by Crippen LogP contribution is -1.99. The minimum Gasteiger partial charge on any atom is -0.497 e. The normalized spacial score (nSPS) is 11.9. The molecule has 0 aliphatic heterocycles. The fraction of sp³-hybridized carbons (Fsp3) is 0.364. The number of allylic oxidation sites excluding steroid dienone is 1. The van der Waals surface area contributed by atoms with Gasteiger partial charge in [0, 0.05) is 18.5 Å². The second kappa shape index (κ2) is 9.78. The summed E-state index contributed by atoms with van der Waals surface area (Å²) in [6, 6.07) is 7.18. The number of oxime groups is 1. The molecule has 2 rings (SSSR count). The first-order valence-electron chi connectivity index (χ1n) is 9.07. The molecule has 0 unspecified atom stereocenters. The number of rotatable bonds is 7. The predicted molar refractivity (Wildman–Crippen MR) is 111 cm³/mol. The Bertz CT molecular complexity index is 943. The quantitative estimate of drug-likeness (QED) is 0.382. The molecule has 1 aromatic heterocycles. The SMILES string of the molecule is COc1ccc(Oc2c(C=NOCC(F)=CC#CC(C)(C)C)c(C)nn2C)cc1. The Morgan fingerprint density at radius 3 is 2.52 bits per heavy atom.